The molecule has 5 heteroatoms. The summed E-state index contributed by atoms with van der Waals surface area (Å²) in [5.41, 5.74) is 0. The second-order valence-corrected chi connectivity index (χ2v) is 1.52. The Kier molecular flexibility index (Phi) is 87.1. The molecule has 1 N–H and O–H groups in total. The molecule has 0 radical (unpaired) electrons. The molecule has 0 heterocycles. The zero-order valence-electron chi connectivity index (χ0n) is 12.0. The van der Waals surface area contributed by atoms with Crippen molar-refractivity contribution in [3.05, 3.63) is 74.9 Å². The van der Waals surface area contributed by atoms with Crippen LogP contribution in [0.25, 0.3) is 0 Å². The largest absolute Gasteiger partial charge is 4.00 e. The van der Waals surface area contributed by atoms with Gasteiger partial charge in [0.15, 0.2) is 0 Å². The number of carboxylic acid groups (broad SMARTS) is 1. The normalized spacial score (nSPS) is 4.89. The molecular formula is C13H22Ce2O3. The first-order valence-electron chi connectivity index (χ1n) is 2.57. The summed E-state index contributed by atoms with van der Waals surface area (Å²) >= 11 is 0. The van der Waals surface area contributed by atoms with Crippen LogP contribution in [0.2, 0.25) is 0 Å². The second-order valence-electron chi connectivity index (χ2n) is 1.52. The van der Waals surface area contributed by atoms with E-state index < -0.39 is 6.16 Å². The second kappa shape index (κ2) is 30.9. The zero-order chi connectivity index (χ0) is 7.40. The number of carbonyl (C=O) groups is 1. The fourth-order valence-corrected chi connectivity index (χ4v) is 0.490. The molecule has 0 aliphatic carbocycles. The van der Waals surface area contributed by atoms with E-state index in [0.717, 1.165) is 0 Å². The van der Waals surface area contributed by atoms with Gasteiger partial charge >= 0.3 is 89.6 Å². The van der Waals surface area contributed by atoms with Crippen molar-refractivity contribution in [1.29, 1.82) is 0 Å². The summed E-state index contributed by atoms with van der Waals surface area (Å²) in [6.45, 7) is 0. The SMILES string of the molecule is O=C(O)Oc1[c-]c[c-]cc1.[CH3-].[CH3-].[CH3-].[CH3-].[CH3-].[CH3-].[Ce+4].[Ce+4]. The first-order valence-corrected chi connectivity index (χ1v) is 2.57. The van der Waals surface area contributed by atoms with Crippen LogP contribution in [0.15, 0.2) is 18.2 Å². The van der Waals surface area contributed by atoms with Gasteiger partial charge in [-0.3, -0.25) is 6.07 Å². The van der Waals surface area contributed by atoms with E-state index in [4.69, 9.17) is 5.11 Å². The molecule has 0 aromatic heterocycles. The van der Waals surface area contributed by atoms with Crippen LogP contribution in [0.5, 0.6) is 5.75 Å². The van der Waals surface area contributed by atoms with Gasteiger partial charge < -0.3 is 72.6 Å². The first kappa shape index (κ1) is 50.7. The van der Waals surface area contributed by atoms with Crippen molar-refractivity contribution in [3.63, 3.8) is 0 Å². The number of ether oxygens (including phenoxy) is 1. The van der Waals surface area contributed by atoms with Gasteiger partial charge in [-0.25, -0.2) is 10.9 Å². The molecule has 18 heavy (non-hydrogen) atoms. The van der Waals surface area contributed by atoms with Gasteiger partial charge in [0, 0.05) is 0 Å². The summed E-state index contributed by atoms with van der Waals surface area (Å²) in [7, 11) is 0. The third-order valence-electron chi connectivity index (χ3n) is 0.826. The topological polar surface area (TPSA) is 46.5 Å². The molecule has 0 unspecified atom stereocenters. The Morgan fingerprint density at radius 1 is 1.06 bits per heavy atom. The smallest absolute Gasteiger partial charge is 0.450 e. The van der Waals surface area contributed by atoms with E-state index in [1.54, 1.807) is 6.07 Å². The minimum Gasteiger partial charge on any atom is -0.450 e. The summed E-state index contributed by atoms with van der Waals surface area (Å²) < 4.78 is 4.26. The Hall–Kier alpha value is 1.24. The van der Waals surface area contributed by atoms with E-state index in [2.05, 4.69) is 16.9 Å². The van der Waals surface area contributed by atoms with Crippen molar-refractivity contribution in [2.24, 2.45) is 0 Å². The molecule has 1 rings (SSSR count). The Labute approximate surface area is 182 Å². The van der Waals surface area contributed by atoms with Crippen molar-refractivity contribution >= 4 is 6.16 Å². The Morgan fingerprint density at radius 2 is 1.50 bits per heavy atom. The van der Waals surface area contributed by atoms with Crippen LogP contribution in [0, 0.1) is 140 Å². The van der Waals surface area contributed by atoms with Crippen molar-refractivity contribution < 1.29 is 98.1 Å². The number of hydrogen-bond acceptors (Lipinski definition) is 2. The molecule has 0 fully saturated rings. The third-order valence-corrected chi connectivity index (χ3v) is 0.826. The molecule has 1 aromatic rings. The van der Waals surface area contributed by atoms with Gasteiger partial charge in [0.25, 0.3) is 0 Å². The van der Waals surface area contributed by atoms with Gasteiger partial charge in [0.1, 0.15) is 0 Å². The summed E-state index contributed by atoms with van der Waals surface area (Å²) in [6.07, 6.45) is -1.33. The fraction of sp³-hybridized carbons (Fsp3) is 0. The molecule has 0 bridgehead atoms. The summed E-state index contributed by atoms with van der Waals surface area (Å²) in [6, 6.07) is 9.69. The van der Waals surface area contributed by atoms with E-state index in [9.17, 15) is 4.79 Å². The Balaban J connectivity index is -0.0000000208. The Bertz CT molecular complexity index is 229. The van der Waals surface area contributed by atoms with Gasteiger partial charge in [-0.05, 0) is 0 Å². The number of hydrogen-bond donors (Lipinski definition) is 1. The van der Waals surface area contributed by atoms with Crippen molar-refractivity contribution in [2.45, 2.75) is 0 Å². The molecule has 0 aliphatic rings. The van der Waals surface area contributed by atoms with Crippen LogP contribution in [0.1, 0.15) is 0 Å². The maximum atomic E-state index is 9.92. The van der Waals surface area contributed by atoms with Gasteiger partial charge in [-0.2, -0.15) is 0 Å². The number of benzene rings is 1. The van der Waals surface area contributed by atoms with Gasteiger partial charge in [0.05, 0.1) is 0 Å². The molecule has 0 saturated carbocycles. The van der Waals surface area contributed by atoms with Gasteiger partial charge in [0.2, 0.25) is 0 Å². The van der Waals surface area contributed by atoms with E-state index in [1.165, 1.54) is 12.1 Å². The predicted molar refractivity (Wildman–Crippen MR) is 71.3 cm³/mol. The standard InChI is InChI=1S/C7H4O3.6CH3.2Ce/c8-7(9)10-6-4-2-1-3-5-6;;;;;;;;/h2-4H,(H,8,9);6*1H3;;/q-2;6*-1;2*+4. The quantitative estimate of drug-likeness (QED) is 0.355. The molecule has 0 spiro atoms. The van der Waals surface area contributed by atoms with Crippen LogP contribution in [0.4, 0.5) is 4.79 Å². The molecular weight excluding hydrogens is 484 g/mol. The van der Waals surface area contributed by atoms with Crippen LogP contribution in [-0.2, 0) is 0 Å². The maximum Gasteiger partial charge on any atom is 4.00 e. The van der Waals surface area contributed by atoms with E-state index >= 15 is 0 Å². The average Bonchev–Trinajstić information content (AvgIpc) is 1.88. The van der Waals surface area contributed by atoms with Crippen molar-refractivity contribution in [2.75, 3.05) is 0 Å². The van der Waals surface area contributed by atoms with Crippen molar-refractivity contribution in [3.8, 4) is 5.75 Å². The zero-order valence-corrected chi connectivity index (χ0v) is 18.3. The number of rotatable bonds is 1. The minimum atomic E-state index is -1.33. The Morgan fingerprint density at radius 3 is 1.78 bits per heavy atom. The molecule has 0 aliphatic heterocycles. The maximum absolute atomic E-state index is 9.92. The van der Waals surface area contributed by atoms with E-state index in [1.807, 2.05) is 0 Å². The average molecular weight is 507 g/mol. The molecule has 0 atom stereocenters. The molecule has 100 valence electrons. The minimum absolute atomic E-state index is 0. The first-order chi connectivity index (χ1) is 4.79. The van der Waals surface area contributed by atoms with Crippen LogP contribution in [0.3, 0.4) is 0 Å². The van der Waals surface area contributed by atoms with E-state index in [0.29, 0.717) is 0 Å². The summed E-state index contributed by atoms with van der Waals surface area (Å²) in [5, 5.41) is 8.11. The monoisotopic (exact) mass is 506 g/mol. The van der Waals surface area contributed by atoms with Crippen LogP contribution in [-0.4, -0.2) is 11.3 Å². The molecule has 3 nitrogen and oxygen atoms in total. The predicted octanol–water partition coefficient (Wildman–Crippen LogP) is 4.05. The molecule has 1 aromatic carbocycles. The fourth-order valence-electron chi connectivity index (χ4n) is 0.490. The molecule has 0 saturated heterocycles. The summed E-state index contributed by atoms with van der Waals surface area (Å²) in [4.78, 5) is 9.92. The van der Waals surface area contributed by atoms with Crippen LogP contribution < -0.4 is 4.74 Å². The summed E-state index contributed by atoms with van der Waals surface area (Å²) in [5.74, 6) is 0.186. The van der Waals surface area contributed by atoms with E-state index in [-0.39, 0.29) is 134 Å². The molecule has 0 amide bonds. The van der Waals surface area contributed by atoms with Gasteiger partial charge in [-0.15, -0.1) is 0 Å². The van der Waals surface area contributed by atoms with Crippen molar-refractivity contribution in [1.82, 2.24) is 0 Å². The van der Waals surface area contributed by atoms with Crippen LogP contribution >= 0.6 is 0 Å². The third kappa shape index (κ3) is 25.9. The van der Waals surface area contributed by atoms with Gasteiger partial charge in [-0.1, -0.05) is 5.75 Å².